The fraction of sp³-hybridized carbons (Fsp3) is 0.559. The highest BCUT2D eigenvalue weighted by Gasteiger charge is 2.56. The molecule has 43 heteroatoms. The summed E-state index contributed by atoms with van der Waals surface area (Å²) in [5.74, 6) is -0.444. The van der Waals surface area contributed by atoms with Gasteiger partial charge in [-0.25, -0.2) is 33.1 Å². The van der Waals surface area contributed by atoms with E-state index in [1.807, 2.05) is 0 Å². The van der Waals surface area contributed by atoms with E-state index in [0.29, 0.717) is 0 Å². The molecule has 6 aromatic rings. The van der Waals surface area contributed by atoms with Gasteiger partial charge in [0.05, 0.1) is 39.5 Å². The standard InChI is InChI=1S/C34H47N15O24P4/c1-34(55)22(52)14(70-31(34)49-11-46(3)17-26(49)43-33(36)45-28(17)54)7-67-76(60,61)73-77(62,63)72-75(58,59)66-6-13-20(21(64-4)30(69-13)47-9-40-15-23(37-2)38-8-39-24(15)47)71-74(56,57)65-5-12-18(50)19(51)29(68-12)48-10-41-16-25(48)42-32(35)44-27(16)53/h8-14,18-22,29-31,50-52,55H,5-7H2,1-4H3,(H10-,35,36,37,38,39,42,43,44,45,53,54,56,57,58,59,60,61,62,63)/p-3/t12-,13-,14-,18+,19?,20+,21?,22?,29-,30-,31-,34-/m1/s1. The van der Waals surface area contributed by atoms with Crippen LogP contribution in [0.15, 0.2) is 34.9 Å². The van der Waals surface area contributed by atoms with Crippen LogP contribution in [0.4, 0.5) is 17.7 Å². The summed E-state index contributed by atoms with van der Waals surface area (Å²) in [5.41, 5.74) is 7.22. The number of methoxy groups -OCH3 is 1. The number of H-pyrrole nitrogens is 2. The topological polar surface area (TPSA) is 560 Å². The number of anilines is 3. The number of phosphoric ester groups is 3. The van der Waals surface area contributed by atoms with Gasteiger partial charge in [-0.1, -0.05) is 4.98 Å². The van der Waals surface area contributed by atoms with Gasteiger partial charge in [0.1, 0.15) is 66.3 Å². The highest BCUT2D eigenvalue weighted by atomic mass is 31.3. The van der Waals surface area contributed by atoms with Crippen molar-refractivity contribution in [1.29, 1.82) is 0 Å². The van der Waals surface area contributed by atoms with Crippen molar-refractivity contribution >= 4 is 82.5 Å². The number of aromatic nitrogens is 12. The normalized spacial score (nSPS) is 30.9. The number of aliphatic hydroxyl groups is 4. The fourth-order valence-electron chi connectivity index (χ4n) is 8.69. The van der Waals surface area contributed by atoms with E-state index in [9.17, 15) is 67.8 Å². The van der Waals surface area contributed by atoms with E-state index in [4.69, 9.17) is 44.0 Å². The lowest BCUT2D eigenvalue weighted by atomic mass is 9.96. The van der Waals surface area contributed by atoms with Gasteiger partial charge in [-0.15, -0.1) is 0 Å². The molecule has 11 N–H and O–H groups in total. The summed E-state index contributed by atoms with van der Waals surface area (Å²) in [6.45, 7) is -2.66. The van der Waals surface area contributed by atoms with Crippen LogP contribution in [-0.2, 0) is 71.0 Å². The third-order valence-corrected chi connectivity index (χ3v) is 17.2. The minimum atomic E-state index is -6.60. The lowest BCUT2D eigenvalue weighted by Crippen LogP contribution is -2.53. The molecule has 39 nitrogen and oxygen atoms in total. The largest absolute Gasteiger partial charge is 0.756 e. The molecule has 16 atom stereocenters. The van der Waals surface area contributed by atoms with Gasteiger partial charge in [0.15, 0.2) is 41.4 Å². The van der Waals surface area contributed by atoms with Crippen LogP contribution >= 0.6 is 31.3 Å². The zero-order valence-corrected chi connectivity index (χ0v) is 43.2. The highest BCUT2D eigenvalue weighted by Crippen LogP contribution is 2.63. The summed E-state index contributed by atoms with van der Waals surface area (Å²) in [7, 11) is -20.9. The molecule has 0 spiro atoms. The molecule has 3 fully saturated rings. The van der Waals surface area contributed by atoms with Crippen molar-refractivity contribution in [3.8, 4) is 0 Å². The van der Waals surface area contributed by atoms with Crippen molar-refractivity contribution in [2.24, 2.45) is 7.05 Å². The van der Waals surface area contributed by atoms with Crippen LogP contribution in [0.25, 0.3) is 33.5 Å². The van der Waals surface area contributed by atoms with Crippen LogP contribution < -0.4 is 52.0 Å². The second kappa shape index (κ2) is 20.8. The zero-order valence-electron chi connectivity index (χ0n) is 39.7. The molecular weight excluding hydrogens is 1130 g/mol. The number of ether oxygens (including phenoxy) is 4. The first kappa shape index (κ1) is 56.6. The number of hydrogen-bond donors (Lipinski definition) is 9. The number of hydrogen-bond acceptors (Lipinski definition) is 33. The summed E-state index contributed by atoms with van der Waals surface area (Å²) in [5, 5.41) is 46.6. The Morgan fingerprint density at radius 3 is 2.01 bits per heavy atom. The van der Waals surface area contributed by atoms with Gasteiger partial charge < -0.3 is 93.8 Å². The Balaban J connectivity index is 0.873. The number of aliphatic hydroxyl groups excluding tert-OH is 3. The molecule has 0 amide bonds. The number of phosphoric acid groups is 4. The van der Waals surface area contributed by atoms with Crippen LogP contribution in [0.3, 0.4) is 0 Å². The Labute approximate surface area is 427 Å². The van der Waals surface area contributed by atoms with Crippen molar-refractivity contribution in [2.75, 3.05) is 50.8 Å². The monoisotopic (exact) mass is 1170 g/mol. The van der Waals surface area contributed by atoms with Crippen molar-refractivity contribution < 1.29 is 108 Å². The van der Waals surface area contributed by atoms with Crippen LogP contribution in [0.1, 0.15) is 25.6 Å². The Morgan fingerprint density at radius 1 is 0.766 bits per heavy atom. The predicted molar refractivity (Wildman–Crippen MR) is 240 cm³/mol. The molecule has 3 saturated heterocycles. The molecule has 0 saturated carbocycles. The average Bonchev–Trinajstić information content (AvgIpc) is 4.24. The molecule has 9 heterocycles. The number of rotatable bonds is 20. The minimum absolute atomic E-state index is 0.0436. The number of nitrogens with one attached hydrogen (secondary N) is 3. The summed E-state index contributed by atoms with van der Waals surface area (Å²) in [4.78, 5) is 106. The van der Waals surface area contributed by atoms with E-state index in [0.717, 1.165) is 42.1 Å². The molecule has 0 bridgehead atoms. The maximum absolute atomic E-state index is 13.6. The predicted octanol–water partition coefficient (Wildman–Crippen LogP) is -6.39. The van der Waals surface area contributed by atoms with E-state index in [1.54, 1.807) is 0 Å². The van der Waals surface area contributed by atoms with Crippen molar-refractivity contribution in [1.82, 2.24) is 53.6 Å². The van der Waals surface area contributed by atoms with E-state index in [-0.39, 0.29) is 51.2 Å². The van der Waals surface area contributed by atoms with Crippen LogP contribution in [-0.4, -0.2) is 162 Å². The van der Waals surface area contributed by atoms with Crippen LogP contribution in [0.5, 0.6) is 0 Å². The fourth-order valence-corrected chi connectivity index (χ4v) is 13.0. The number of aromatic amines is 2. The van der Waals surface area contributed by atoms with Crippen LogP contribution in [0, 0.1) is 0 Å². The zero-order chi connectivity index (χ0) is 55.9. The molecule has 3 aliphatic rings. The molecule has 0 radical (unpaired) electrons. The molecule has 3 aliphatic heterocycles. The summed E-state index contributed by atoms with van der Waals surface area (Å²) < 4.78 is 107. The number of nitrogens with zero attached hydrogens (tertiary/aromatic N) is 10. The SMILES string of the molecule is CNc1ncnc2c1ncn2[C@@H]1O[C@H](COP(=O)([O-])OP(=O)([O-])OP(=O)([O-])OC[C@H]2O[C@@H]([n+]3cn(C)c4c(=O)[nH]c(N)nc43)[C@](C)(O)C2O)[C@H](OP(=O)([O-])OC[C@H]2O[C@@H](n3cnc4c(=O)[nH]c(N)nc43)C(O)[C@H]2O)C1OC. The first-order valence-electron chi connectivity index (χ1n) is 21.9. The Morgan fingerprint density at radius 2 is 1.35 bits per heavy atom. The second-order valence-electron chi connectivity index (χ2n) is 17.2. The molecular formula is C34H44N15O24P4-3. The van der Waals surface area contributed by atoms with E-state index in [2.05, 4.69) is 58.3 Å². The summed E-state index contributed by atoms with van der Waals surface area (Å²) in [6, 6.07) is 0. The molecule has 9 rings (SSSR count). The van der Waals surface area contributed by atoms with Gasteiger partial charge in [0.25, 0.3) is 48.4 Å². The number of aryl methyl sites for hydroxylation is 1. The number of nitrogen functional groups attached to an aromatic ring is 2. The minimum Gasteiger partial charge on any atom is -0.756 e. The molecule has 7 unspecified atom stereocenters. The first-order chi connectivity index (χ1) is 36.0. The van der Waals surface area contributed by atoms with Crippen LogP contribution in [0.2, 0.25) is 0 Å². The maximum Gasteiger partial charge on any atom is 0.313 e. The van der Waals surface area contributed by atoms with E-state index >= 15 is 0 Å². The lowest BCUT2D eigenvalue weighted by molar-refractivity contribution is -0.752. The molecule has 77 heavy (non-hydrogen) atoms. The average molecular weight is 1170 g/mol. The van der Waals surface area contributed by atoms with Gasteiger partial charge in [-0.3, -0.25) is 51.5 Å². The van der Waals surface area contributed by atoms with Gasteiger partial charge >= 0.3 is 5.65 Å². The first-order valence-corrected chi connectivity index (χ1v) is 27.8. The molecule has 0 aromatic carbocycles. The Bertz CT molecular complexity index is 3540. The van der Waals surface area contributed by atoms with Gasteiger partial charge in [-0.2, -0.15) is 4.98 Å². The van der Waals surface area contributed by atoms with Gasteiger partial charge in [0.2, 0.25) is 17.7 Å². The maximum atomic E-state index is 13.6. The van der Waals surface area contributed by atoms with E-state index < -0.39 is 135 Å². The highest BCUT2D eigenvalue weighted by molar-refractivity contribution is 7.65. The molecule has 422 valence electrons. The van der Waals surface area contributed by atoms with Gasteiger partial charge in [-0.05, 0) is 6.92 Å². The van der Waals surface area contributed by atoms with Crippen molar-refractivity contribution in [2.45, 2.75) is 80.0 Å². The number of nitrogens with two attached hydrogens (primary N) is 2. The Kier molecular flexibility index (Phi) is 15.3. The summed E-state index contributed by atoms with van der Waals surface area (Å²) in [6.07, 6.45) is -14.7. The smallest absolute Gasteiger partial charge is 0.313 e. The van der Waals surface area contributed by atoms with Crippen molar-refractivity contribution in [3.05, 3.63) is 46.0 Å². The van der Waals surface area contributed by atoms with Gasteiger partial charge in [0, 0.05) is 14.2 Å². The molecule has 0 aliphatic carbocycles. The third kappa shape index (κ3) is 11.1. The summed E-state index contributed by atoms with van der Waals surface area (Å²) >= 11 is 0. The number of fused-ring (bicyclic) bond motifs is 3. The second-order valence-corrected chi connectivity index (χ2v) is 23.1. The lowest BCUT2D eigenvalue weighted by Gasteiger charge is -2.35. The molecule has 6 aromatic heterocycles. The van der Waals surface area contributed by atoms with E-state index in [1.165, 1.54) is 29.6 Å². The third-order valence-electron chi connectivity index (χ3n) is 12.1. The Hall–Kier alpha value is -5.15. The number of imidazole rings is 3. The quantitative estimate of drug-likeness (QED) is 0.0254. The van der Waals surface area contributed by atoms with Crippen molar-refractivity contribution in [3.63, 3.8) is 0 Å².